The van der Waals surface area contributed by atoms with Crippen LogP contribution < -0.4 is 5.73 Å². The number of hydrogen-bond donors (Lipinski definition) is 2. The third-order valence-corrected chi connectivity index (χ3v) is 3.11. The monoisotopic (exact) mass is 243 g/mol. The quantitative estimate of drug-likeness (QED) is 0.836. The molecule has 0 saturated carbocycles. The molecule has 3 heteroatoms. The van der Waals surface area contributed by atoms with E-state index in [0.29, 0.717) is 0 Å². The standard InChI is InChI=1S/C10H14BrNO/c1-6-3-7(2)10(11)8(4-6)9(12)5-13/h3-4,9,13H,5,12H2,1-2H3. The molecule has 0 saturated heterocycles. The van der Waals surface area contributed by atoms with Crippen molar-refractivity contribution in [2.24, 2.45) is 5.73 Å². The highest BCUT2D eigenvalue weighted by molar-refractivity contribution is 9.10. The van der Waals surface area contributed by atoms with Crippen LogP contribution in [0.5, 0.6) is 0 Å². The summed E-state index contributed by atoms with van der Waals surface area (Å²) in [6, 6.07) is 3.78. The Bertz CT molecular complexity index is 312. The van der Waals surface area contributed by atoms with Gasteiger partial charge in [-0.1, -0.05) is 33.6 Å². The lowest BCUT2D eigenvalue weighted by Gasteiger charge is -2.13. The van der Waals surface area contributed by atoms with Gasteiger partial charge in [0, 0.05) is 4.47 Å². The van der Waals surface area contributed by atoms with Crippen LogP contribution in [0.2, 0.25) is 0 Å². The maximum Gasteiger partial charge on any atom is 0.0624 e. The molecule has 0 amide bonds. The molecule has 1 aromatic carbocycles. The van der Waals surface area contributed by atoms with Crippen LogP contribution in [0, 0.1) is 13.8 Å². The van der Waals surface area contributed by atoms with Gasteiger partial charge in [-0.15, -0.1) is 0 Å². The van der Waals surface area contributed by atoms with Gasteiger partial charge in [-0.25, -0.2) is 0 Å². The first-order valence-corrected chi connectivity index (χ1v) is 4.98. The van der Waals surface area contributed by atoms with Crippen LogP contribution >= 0.6 is 15.9 Å². The molecule has 2 nitrogen and oxygen atoms in total. The Balaban J connectivity index is 3.20. The molecule has 1 unspecified atom stereocenters. The molecule has 0 aromatic heterocycles. The smallest absolute Gasteiger partial charge is 0.0624 e. The molecule has 0 bridgehead atoms. The highest BCUT2D eigenvalue weighted by Crippen LogP contribution is 2.26. The molecule has 3 N–H and O–H groups in total. The number of benzene rings is 1. The number of halogens is 1. The van der Waals surface area contributed by atoms with Gasteiger partial charge in [0.25, 0.3) is 0 Å². The summed E-state index contributed by atoms with van der Waals surface area (Å²) in [6.07, 6.45) is 0. The second-order valence-electron chi connectivity index (χ2n) is 3.27. The summed E-state index contributed by atoms with van der Waals surface area (Å²) in [7, 11) is 0. The van der Waals surface area contributed by atoms with Crippen LogP contribution in [0.25, 0.3) is 0 Å². The van der Waals surface area contributed by atoms with Crippen molar-refractivity contribution in [1.29, 1.82) is 0 Å². The zero-order valence-corrected chi connectivity index (χ0v) is 9.43. The molecule has 0 fully saturated rings. The van der Waals surface area contributed by atoms with E-state index in [1.807, 2.05) is 19.9 Å². The first kappa shape index (κ1) is 10.7. The maximum absolute atomic E-state index is 8.95. The summed E-state index contributed by atoms with van der Waals surface area (Å²) in [5, 5.41) is 8.95. The Morgan fingerprint density at radius 3 is 2.62 bits per heavy atom. The predicted octanol–water partition coefficient (Wildman–Crippen LogP) is 2.06. The van der Waals surface area contributed by atoms with Crippen LogP contribution in [-0.2, 0) is 0 Å². The Morgan fingerprint density at radius 2 is 2.08 bits per heavy atom. The van der Waals surface area contributed by atoms with Crippen molar-refractivity contribution in [1.82, 2.24) is 0 Å². The van der Waals surface area contributed by atoms with E-state index in [9.17, 15) is 0 Å². The molecule has 1 rings (SSSR count). The first-order chi connectivity index (χ1) is 6.06. The lowest BCUT2D eigenvalue weighted by atomic mass is 10.0. The molecule has 0 aliphatic carbocycles. The van der Waals surface area contributed by atoms with Crippen molar-refractivity contribution >= 4 is 15.9 Å². The van der Waals surface area contributed by atoms with Gasteiger partial charge in [0.05, 0.1) is 12.6 Å². The molecular formula is C10H14BrNO. The number of rotatable bonds is 2. The van der Waals surface area contributed by atoms with Crippen LogP contribution in [0.4, 0.5) is 0 Å². The van der Waals surface area contributed by atoms with E-state index in [2.05, 4.69) is 22.0 Å². The minimum absolute atomic E-state index is 0.0263. The highest BCUT2D eigenvalue weighted by Gasteiger charge is 2.10. The normalized spacial score (nSPS) is 13.0. The Morgan fingerprint density at radius 1 is 1.46 bits per heavy atom. The fraction of sp³-hybridized carbons (Fsp3) is 0.400. The fourth-order valence-electron chi connectivity index (χ4n) is 1.35. The van der Waals surface area contributed by atoms with Crippen LogP contribution in [0.1, 0.15) is 22.7 Å². The van der Waals surface area contributed by atoms with E-state index in [1.54, 1.807) is 0 Å². The zero-order valence-electron chi connectivity index (χ0n) is 7.84. The van der Waals surface area contributed by atoms with E-state index in [-0.39, 0.29) is 12.6 Å². The number of hydrogen-bond acceptors (Lipinski definition) is 2. The number of aliphatic hydroxyl groups is 1. The SMILES string of the molecule is Cc1cc(C)c(Br)c(C(N)CO)c1. The van der Waals surface area contributed by atoms with Crippen molar-refractivity contribution in [2.45, 2.75) is 19.9 Å². The van der Waals surface area contributed by atoms with Gasteiger partial charge in [0.15, 0.2) is 0 Å². The van der Waals surface area contributed by atoms with Gasteiger partial charge in [-0.05, 0) is 25.0 Å². The summed E-state index contributed by atoms with van der Waals surface area (Å²) in [5.41, 5.74) is 9.04. The molecule has 1 atom stereocenters. The maximum atomic E-state index is 8.95. The molecule has 72 valence electrons. The molecule has 0 heterocycles. The molecule has 0 aliphatic heterocycles. The molecule has 0 spiro atoms. The Kier molecular flexibility index (Phi) is 3.47. The molecule has 1 aromatic rings. The number of nitrogens with two attached hydrogens (primary N) is 1. The minimum Gasteiger partial charge on any atom is -0.394 e. The van der Waals surface area contributed by atoms with Crippen LogP contribution in [-0.4, -0.2) is 11.7 Å². The summed E-state index contributed by atoms with van der Waals surface area (Å²) in [5.74, 6) is 0. The van der Waals surface area contributed by atoms with Crippen molar-refractivity contribution in [3.05, 3.63) is 33.3 Å². The zero-order chi connectivity index (χ0) is 10.0. The van der Waals surface area contributed by atoms with Crippen LogP contribution in [0.3, 0.4) is 0 Å². The first-order valence-electron chi connectivity index (χ1n) is 4.19. The van der Waals surface area contributed by atoms with Gasteiger partial charge >= 0.3 is 0 Å². The third kappa shape index (κ3) is 2.30. The Hall–Kier alpha value is -0.380. The second kappa shape index (κ2) is 4.22. The third-order valence-electron chi connectivity index (χ3n) is 2.02. The summed E-state index contributed by atoms with van der Waals surface area (Å²) >= 11 is 3.46. The molecular weight excluding hydrogens is 230 g/mol. The number of aliphatic hydroxyl groups excluding tert-OH is 1. The average molecular weight is 244 g/mol. The molecule has 13 heavy (non-hydrogen) atoms. The van der Waals surface area contributed by atoms with Crippen molar-refractivity contribution in [3.63, 3.8) is 0 Å². The predicted molar refractivity (Wildman–Crippen MR) is 57.6 cm³/mol. The topological polar surface area (TPSA) is 46.2 Å². The Labute approximate surface area is 86.9 Å². The largest absolute Gasteiger partial charge is 0.394 e. The number of aryl methyl sites for hydroxylation is 2. The highest BCUT2D eigenvalue weighted by atomic mass is 79.9. The van der Waals surface area contributed by atoms with Gasteiger partial charge in [-0.3, -0.25) is 0 Å². The minimum atomic E-state index is -0.298. The fourth-order valence-corrected chi connectivity index (χ4v) is 1.87. The molecule has 0 aliphatic rings. The van der Waals surface area contributed by atoms with E-state index in [0.717, 1.165) is 15.6 Å². The van der Waals surface area contributed by atoms with Crippen molar-refractivity contribution < 1.29 is 5.11 Å². The van der Waals surface area contributed by atoms with Gasteiger partial charge in [0.2, 0.25) is 0 Å². The van der Waals surface area contributed by atoms with Gasteiger partial charge in [-0.2, -0.15) is 0 Å². The van der Waals surface area contributed by atoms with Crippen molar-refractivity contribution in [2.75, 3.05) is 6.61 Å². The van der Waals surface area contributed by atoms with Crippen LogP contribution in [0.15, 0.2) is 16.6 Å². The van der Waals surface area contributed by atoms with E-state index < -0.39 is 0 Å². The van der Waals surface area contributed by atoms with E-state index in [4.69, 9.17) is 10.8 Å². The van der Waals surface area contributed by atoms with E-state index >= 15 is 0 Å². The van der Waals surface area contributed by atoms with E-state index in [1.165, 1.54) is 5.56 Å². The van der Waals surface area contributed by atoms with Gasteiger partial charge in [0.1, 0.15) is 0 Å². The lowest BCUT2D eigenvalue weighted by molar-refractivity contribution is 0.267. The molecule has 0 radical (unpaired) electrons. The van der Waals surface area contributed by atoms with Gasteiger partial charge < -0.3 is 10.8 Å². The summed E-state index contributed by atoms with van der Waals surface area (Å²) in [6.45, 7) is 4.01. The lowest BCUT2D eigenvalue weighted by Crippen LogP contribution is -2.15. The summed E-state index contributed by atoms with van der Waals surface area (Å²) < 4.78 is 1.000. The second-order valence-corrected chi connectivity index (χ2v) is 4.07. The van der Waals surface area contributed by atoms with Crippen molar-refractivity contribution in [3.8, 4) is 0 Å². The average Bonchev–Trinajstić information content (AvgIpc) is 2.10. The summed E-state index contributed by atoms with van der Waals surface area (Å²) in [4.78, 5) is 0.